The lowest BCUT2D eigenvalue weighted by Gasteiger charge is -1.94. The number of aliphatic carboxylic acids is 1. The molecule has 0 heterocycles. The number of aliphatic hydroxyl groups excluding tert-OH is 1. The van der Waals surface area contributed by atoms with E-state index in [2.05, 4.69) is 0 Å². The van der Waals surface area contributed by atoms with E-state index in [0.29, 0.717) is 0 Å². The summed E-state index contributed by atoms with van der Waals surface area (Å²) in [4.78, 5) is 9.69. The molecule has 2 N–H and O–H groups in total. The van der Waals surface area contributed by atoms with Crippen molar-refractivity contribution in [2.75, 3.05) is 0 Å². The molecule has 8 heavy (non-hydrogen) atoms. The summed E-state index contributed by atoms with van der Waals surface area (Å²) in [5.41, 5.74) is 0. The molecule has 0 aromatic rings. The second kappa shape index (κ2) is 2.99. The van der Waals surface area contributed by atoms with Crippen LogP contribution in [-0.2, 0) is 4.79 Å². The van der Waals surface area contributed by atoms with Crippen molar-refractivity contribution < 1.29 is 15.0 Å². The Balaban J connectivity index is 3.52. The van der Waals surface area contributed by atoms with Crippen LogP contribution < -0.4 is 0 Å². The van der Waals surface area contributed by atoms with Crippen LogP contribution >= 0.6 is 0 Å². The molecule has 1 unspecified atom stereocenters. The van der Waals surface area contributed by atoms with E-state index in [1.165, 1.54) is 6.07 Å². The Bertz CT molecular complexity index is 126. The lowest BCUT2D eigenvalue weighted by molar-refractivity contribution is -0.146. The summed E-state index contributed by atoms with van der Waals surface area (Å²) in [6, 6.07) is 1.52. The molecule has 44 valence electrons. The maximum atomic E-state index is 9.69. The number of hydrogen-bond acceptors (Lipinski definition) is 3. The molecule has 0 saturated carbocycles. The fraction of sp³-hybridized carbons (Fsp3) is 0.500. The van der Waals surface area contributed by atoms with Crippen LogP contribution in [-0.4, -0.2) is 22.3 Å². The molecular weight excluding hydrogens is 110 g/mol. The average molecular weight is 115 g/mol. The summed E-state index contributed by atoms with van der Waals surface area (Å²) in [7, 11) is 0. The van der Waals surface area contributed by atoms with Gasteiger partial charge in [-0.15, -0.1) is 0 Å². The number of aliphatic hydroxyl groups is 1. The number of nitrogens with zero attached hydrogens (tertiary/aromatic N) is 1. The second-order valence-corrected chi connectivity index (χ2v) is 1.22. The van der Waals surface area contributed by atoms with Gasteiger partial charge < -0.3 is 10.2 Å². The minimum absolute atomic E-state index is 0.352. The van der Waals surface area contributed by atoms with E-state index in [4.69, 9.17) is 15.5 Å². The van der Waals surface area contributed by atoms with Gasteiger partial charge in [-0.25, -0.2) is 4.79 Å². The second-order valence-electron chi connectivity index (χ2n) is 1.22. The van der Waals surface area contributed by atoms with Gasteiger partial charge in [0.1, 0.15) is 0 Å². The van der Waals surface area contributed by atoms with E-state index in [1.807, 2.05) is 0 Å². The maximum Gasteiger partial charge on any atom is 0.333 e. The van der Waals surface area contributed by atoms with Crippen LogP contribution in [0.25, 0.3) is 0 Å². The summed E-state index contributed by atoms with van der Waals surface area (Å²) in [5, 5.41) is 24.0. The first-order valence-electron chi connectivity index (χ1n) is 1.96. The largest absolute Gasteiger partial charge is 0.479 e. The molecule has 0 aliphatic rings. The van der Waals surface area contributed by atoms with Gasteiger partial charge >= 0.3 is 5.97 Å². The third-order valence-electron chi connectivity index (χ3n) is 0.570. The maximum absolute atomic E-state index is 9.69. The minimum atomic E-state index is -1.53. The van der Waals surface area contributed by atoms with Crippen molar-refractivity contribution in [3.63, 3.8) is 0 Å². The summed E-state index contributed by atoms with van der Waals surface area (Å²) < 4.78 is 0. The van der Waals surface area contributed by atoms with E-state index in [9.17, 15) is 4.79 Å². The molecule has 0 bridgehead atoms. The predicted octanol–water partition coefficient (Wildman–Crippen LogP) is -0.654. The van der Waals surface area contributed by atoms with Crippen LogP contribution in [0.2, 0.25) is 0 Å². The van der Waals surface area contributed by atoms with Gasteiger partial charge in [0.25, 0.3) is 0 Å². The van der Waals surface area contributed by atoms with Gasteiger partial charge in [0.15, 0.2) is 6.10 Å². The van der Waals surface area contributed by atoms with Gasteiger partial charge in [-0.2, -0.15) is 5.26 Å². The average Bonchev–Trinajstić information content (AvgIpc) is 1.67. The standard InChI is InChI=1S/C4H5NO3/c5-2-1-3(6)4(7)8/h3,6H,1H2,(H,7,8). The van der Waals surface area contributed by atoms with Crippen molar-refractivity contribution >= 4 is 5.97 Å². The number of rotatable bonds is 2. The third-order valence-corrected chi connectivity index (χ3v) is 0.570. The zero-order valence-corrected chi connectivity index (χ0v) is 4.03. The fourth-order valence-electron chi connectivity index (χ4n) is 0.174. The van der Waals surface area contributed by atoms with E-state index in [0.717, 1.165) is 0 Å². The van der Waals surface area contributed by atoms with Gasteiger partial charge in [-0.05, 0) is 0 Å². The molecule has 0 amide bonds. The zero-order valence-electron chi connectivity index (χ0n) is 4.03. The number of hydrogen-bond donors (Lipinski definition) is 2. The lowest BCUT2D eigenvalue weighted by atomic mass is 10.3. The highest BCUT2D eigenvalue weighted by atomic mass is 16.4. The first-order chi connectivity index (χ1) is 3.68. The zero-order chi connectivity index (χ0) is 6.57. The summed E-state index contributed by atoms with van der Waals surface area (Å²) >= 11 is 0. The number of carboxylic acids is 1. The Hall–Kier alpha value is -1.08. The highest BCUT2D eigenvalue weighted by Crippen LogP contribution is 1.86. The van der Waals surface area contributed by atoms with Gasteiger partial charge in [-0.1, -0.05) is 0 Å². The van der Waals surface area contributed by atoms with E-state index in [-0.39, 0.29) is 6.42 Å². The van der Waals surface area contributed by atoms with Gasteiger partial charge in [0.05, 0.1) is 12.5 Å². The third kappa shape index (κ3) is 2.16. The molecule has 0 fully saturated rings. The monoisotopic (exact) mass is 115 g/mol. The molecule has 0 aliphatic carbocycles. The molecule has 4 nitrogen and oxygen atoms in total. The fourth-order valence-corrected chi connectivity index (χ4v) is 0.174. The van der Waals surface area contributed by atoms with Crippen molar-refractivity contribution in [1.29, 1.82) is 5.26 Å². The molecule has 1 atom stereocenters. The first-order valence-corrected chi connectivity index (χ1v) is 1.96. The molecule has 0 radical (unpaired) electrons. The minimum Gasteiger partial charge on any atom is -0.479 e. The SMILES string of the molecule is N#CCC(O)C(=O)O. The molecule has 4 heteroatoms. The van der Waals surface area contributed by atoms with Crippen molar-refractivity contribution in [2.24, 2.45) is 0 Å². The quantitative estimate of drug-likeness (QED) is 0.500. The van der Waals surface area contributed by atoms with Crippen molar-refractivity contribution in [2.45, 2.75) is 12.5 Å². The van der Waals surface area contributed by atoms with Crippen LogP contribution in [0.15, 0.2) is 0 Å². The molecule has 0 aromatic carbocycles. The molecule has 0 saturated heterocycles. The molecular formula is C4H5NO3. The topological polar surface area (TPSA) is 81.3 Å². The summed E-state index contributed by atoms with van der Waals surface area (Å²) in [5.74, 6) is -1.36. The van der Waals surface area contributed by atoms with Crippen LogP contribution in [0.4, 0.5) is 0 Å². The Morgan fingerprint density at radius 2 is 2.38 bits per heavy atom. The molecule has 0 aromatic heterocycles. The van der Waals surface area contributed by atoms with Crippen molar-refractivity contribution in [3.8, 4) is 6.07 Å². The predicted molar refractivity (Wildman–Crippen MR) is 23.9 cm³/mol. The summed E-state index contributed by atoms with van der Waals surface area (Å²) in [6.07, 6.45) is -1.88. The van der Waals surface area contributed by atoms with E-state index < -0.39 is 12.1 Å². The van der Waals surface area contributed by atoms with Crippen LogP contribution in [0.5, 0.6) is 0 Å². The first kappa shape index (κ1) is 6.92. The normalized spacial score (nSPS) is 12.0. The number of nitriles is 1. The number of carboxylic acid groups (broad SMARTS) is 1. The van der Waals surface area contributed by atoms with Gasteiger partial charge in [-0.3, -0.25) is 0 Å². The highest BCUT2D eigenvalue weighted by molar-refractivity contribution is 5.72. The van der Waals surface area contributed by atoms with E-state index in [1.54, 1.807) is 0 Å². The highest BCUT2D eigenvalue weighted by Gasteiger charge is 2.10. The number of carbonyl (C=O) groups is 1. The van der Waals surface area contributed by atoms with Crippen LogP contribution in [0.1, 0.15) is 6.42 Å². The van der Waals surface area contributed by atoms with Gasteiger partial charge in [0.2, 0.25) is 0 Å². The van der Waals surface area contributed by atoms with E-state index >= 15 is 0 Å². The molecule has 0 aliphatic heterocycles. The Labute approximate surface area is 46.0 Å². The van der Waals surface area contributed by atoms with Crippen molar-refractivity contribution in [1.82, 2.24) is 0 Å². The van der Waals surface area contributed by atoms with Crippen LogP contribution in [0, 0.1) is 11.3 Å². The Kier molecular flexibility index (Phi) is 2.59. The molecule has 0 rings (SSSR count). The summed E-state index contributed by atoms with van der Waals surface area (Å²) in [6.45, 7) is 0. The Morgan fingerprint density at radius 1 is 1.88 bits per heavy atom. The Morgan fingerprint density at radius 3 is 2.50 bits per heavy atom. The van der Waals surface area contributed by atoms with Crippen LogP contribution in [0.3, 0.4) is 0 Å². The lowest BCUT2D eigenvalue weighted by Crippen LogP contribution is -2.17. The van der Waals surface area contributed by atoms with Crippen molar-refractivity contribution in [3.05, 3.63) is 0 Å². The molecule has 0 spiro atoms. The van der Waals surface area contributed by atoms with Gasteiger partial charge in [0, 0.05) is 0 Å². The smallest absolute Gasteiger partial charge is 0.333 e.